The van der Waals surface area contributed by atoms with Crippen LogP contribution >= 0.6 is 0 Å². The average Bonchev–Trinajstić information content (AvgIpc) is 2.14. The van der Waals surface area contributed by atoms with E-state index < -0.39 is 0 Å². The van der Waals surface area contributed by atoms with Crippen molar-refractivity contribution in [3.63, 3.8) is 0 Å². The topological polar surface area (TPSA) is 17.1 Å². The second kappa shape index (κ2) is 7.98. The largest absolute Gasteiger partial charge is 0.299 e. The molecule has 1 rings (SSSR count). The lowest BCUT2D eigenvalue weighted by Crippen LogP contribution is -1.74. The zero-order chi connectivity index (χ0) is 11.7. The molecule has 0 fully saturated rings. The fourth-order valence-corrected chi connectivity index (χ4v) is 0.924. The molecule has 0 saturated carbocycles. The van der Waals surface area contributed by atoms with E-state index in [-0.39, 0.29) is 0 Å². The van der Waals surface area contributed by atoms with Gasteiger partial charge in [-0.15, -0.1) is 0 Å². The fourth-order valence-electron chi connectivity index (χ4n) is 0.924. The van der Waals surface area contributed by atoms with E-state index in [1.54, 1.807) is 6.08 Å². The summed E-state index contributed by atoms with van der Waals surface area (Å²) in [5.41, 5.74) is 2.27. The van der Waals surface area contributed by atoms with E-state index in [2.05, 4.69) is 20.8 Å². The van der Waals surface area contributed by atoms with Crippen molar-refractivity contribution in [3.8, 4) is 0 Å². The Balaban J connectivity index is 0.000000423. The van der Waals surface area contributed by atoms with Crippen LogP contribution in [0.5, 0.6) is 0 Å². The van der Waals surface area contributed by atoms with E-state index in [4.69, 9.17) is 0 Å². The summed E-state index contributed by atoms with van der Waals surface area (Å²) < 4.78 is 0. The third kappa shape index (κ3) is 8.95. The lowest BCUT2D eigenvalue weighted by atomic mass is 10.1. The Morgan fingerprint density at radius 1 is 1.20 bits per heavy atom. The van der Waals surface area contributed by atoms with E-state index in [1.807, 2.05) is 31.2 Å². The van der Waals surface area contributed by atoms with Crippen LogP contribution in [0.2, 0.25) is 0 Å². The molecule has 0 heterocycles. The number of hydrogen-bond donors (Lipinski definition) is 0. The summed E-state index contributed by atoms with van der Waals surface area (Å²) in [6, 6.07) is 7.99. The van der Waals surface area contributed by atoms with Crippen molar-refractivity contribution >= 4 is 12.4 Å². The molecule has 0 radical (unpaired) electrons. The predicted octanol–water partition coefficient (Wildman–Crippen LogP) is 3.87. The van der Waals surface area contributed by atoms with E-state index in [0.29, 0.717) is 0 Å². The summed E-state index contributed by atoms with van der Waals surface area (Å²) in [5, 5.41) is 0. The maximum atomic E-state index is 9.98. The molecule has 82 valence electrons. The molecular formula is C14H20O. The zero-order valence-corrected chi connectivity index (χ0v) is 10.0. The molecule has 0 saturated heterocycles. The van der Waals surface area contributed by atoms with Crippen LogP contribution in [-0.4, -0.2) is 6.29 Å². The van der Waals surface area contributed by atoms with Crippen LogP contribution in [0.4, 0.5) is 0 Å². The quantitative estimate of drug-likeness (QED) is 0.528. The monoisotopic (exact) mass is 204 g/mol. The summed E-state index contributed by atoms with van der Waals surface area (Å²) in [6.07, 6.45) is 4.07. The van der Waals surface area contributed by atoms with Crippen molar-refractivity contribution in [2.24, 2.45) is 5.92 Å². The molecular weight excluding hydrogens is 184 g/mol. The number of aryl methyl sites for hydroxylation is 1. The first-order valence-electron chi connectivity index (χ1n) is 5.24. The molecule has 0 aromatic heterocycles. The van der Waals surface area contributed by atoms with Gasteiger partial charge in [0.25, 0.3) is 0 Å². The fraction of sp³-hybridized carbons (Fsp3) is 0.357. The Bertz CT molecular complexity index is 308. The molecule has 1 aromatic carbocycles. The Kier molecular flexibility index (Phi) is 7.25. The van der Waals surface area contributed by atoms with Gasteiger partial charge in [-0.25, -0.2) is 0 Å². The number of rotatable bonds is 2. The van der Waals surface area contributed by atoms with Gasteiger partial charge in [-0.3, -0.25) is 4.79 Å². The van der Waals surface area contributed by atoms with Crippen molar-refractivity contribution in [1.29, 1.82) is 0 Å². The molecule has 0 atom stereocenters. The molecule has 0 aliphatic rings. The number of hydrogen-bond acceptors (Lipinski definition) is 1. The van der Waals surface area contributed by atoms with Gasteiger partial charge in [-0.2, -0.15) is 0 Å². The van der Waals surface area contributed by atoms with Crippen LogP contribution < -0.4 is 0 Å². The summed E-state index contributed by atoms with van der Waals surface area (Å²) in [6.45, 7) is 8.53. The van der Waals surface area contributed by atoms with Crippen LogP contribution in [0.15, 0.2) is 30.3 Å². The number of benzene rings is 1. The first-order chi connectivity index (χ1) is 7.06. The number of allylic oxidation sites excluding steroid dienone is 1. The molecule has 0 unspecified atom stereocenters. The van der Waals surface area contributed by atoms with Crippen molar-refractivity contribution in [3.05, 3.63) is 41.5 Å². The normalized spacial score (nSPS) is 9.93. The van der Waals surface area contributed by atoms with Crippen LogP contribution in [0.25, 0.3) is 6.08 Å². The standard InChI is InChI=1S/C10H10O.C4H10/c1-9-4-2-5-10(8-9)6-3-7-11;1-4(2)3/h2-8H,1H3;4H,1-3H3/b6-3+;. The van der Waals surface area contributed by atoms with E-state index in [1.165, 1.54) is 11.6 Å². The van der Waals surface area contributed by atoms with Gasteiger partial charge in [0.15, 0.2) is 0 Å². The minimum Gasteiger partial charge on any atom is -0.299 e. The highest BCUT2D eigenvalue weighted by atomic mass is 16.1. The highest BCUT2D eigenvalue weighted by Crippen LogP contribution is 2.04. The molecule has 0 bridgehead atoms. The van der Waals surface area contributed by atoms with Crippen molar-refractivity contribution in [1.82, 2.24) is 0 Å². The Morgan fingerprint density at radius 3 is 2.27 bits per heavy atom. The Hall–Kier alpha value is -1.37. The van der Waals surface area contributed by atoms with Gasteiger partial charge in [0.2, 0.25) is 0 Å². The van der Waals surface area contributed by atoms with Crippen molar-refractivity contribution in [2.75, 3.05) is 0 Å². The van der Waals surface area contributed by atoms with Crippen LogP contribution in [-0.2, 0) is 4.79 Å². The van der Waals surface area contributed by atoms with Gasteiger partial charge in [-0.1, -0.05) is 56.7 Å². The van der Waals surface area contributed by atoms with Crippen LogP contribution in [0.1, 0.15) is 31.9 Å². The summed E-state index contributed by atoms with van der Waals surface area (Å²) >= 11 is 0. The van der Waals surface area contributed by atoms with Crippen LogP contribution in [0, 0.1) is 12.8 Å². The van der Waals surface area contributed by atoms with Crippen molar-refractivity contribution in [2.45, 2.75) is 27.7 Å². The lowest BCUT2D eigenvalue weighted by Gasteiger charge is -1.93. The summed E-state index contributed by atoms with van der Waals surface area (Å²) in [7, 11) is 0. The molecule has 0 aliphatic heterocycles. The summed E-state index contributed by atoms with van der Waals surface area (Å²) in [4.78, 5) is 9.98. The first kappa shape index (κ1) is 13.6. The second-order valence-corrected chi connectivity index (χ2v) is 4.14. The minimum atomic E-state index is 0.780. The SMILES string of the molecule is CC(C)C.Cc1cccc(/C=C/C=O)c1. The smallest absolute Gasteiger partial charge is 0.142 e. The maximum absolute atomic E-state index is 9.98. The van der Waals surface area contributed by atoms with Gasteiger partial charge in [0.1, 0.15) is 6.29 Å². The molecule has 0 spiro atoms. The highest BCUT2D eigenvalue weighted by molar-refractivity contribution is 5.73. The first-order valence-corrected chi connectivity index (χ1v) is 5.24. The molecule has 1 heteroatoms. The number of carbonyl (C=O) groups is 1. The Morgan fingerprint density at radius 2 is 1.80 bits per heavy atom. The number of aldehydes is 1. The lowest BCUT2D eigenvalue weighted by molar-refractivity contribution is -0.104. The van der Waals surface area contributed by atoms with Gasteiger partial charge >= 0.3 is 0 Å². The second-order valence-electron chi connectivity index (χ2n) is 4.14. The Labute approximate surface area is 92.8 Å². The van der Waals surface area contributed by atoms with Gasteiger partial charge in [-0.05, 0) is 24.5 Å². The maximum Gasteiger partial charge on any atom is 0.142 e. The molecule has 15 heavy (non-hydrogen) atoms. The number of carbonyl (C=O) groups excluding carboxylic acids is 1. The predicted molar refractivity (Wildman–Crippen MR) is 66.8 cm³/mol. The zero-order valence-electron chi connectivity index (χ0n) is 10.0. The van der Waals surface area contributed by atoms with Gasteiger partial charge in [0.05, 0.1) is 0 Å². The van der Waals surface area contributed by atoms with Crippen LogP contribution in [0.3, 0.4) is 0 Å². The average molecular weight is 204 g/mol. The van der Waals surface area contributed by atoms with Gasteiger partial charge < -0.3 is 0 Å². The van der Waals surface area contributed by atoms with E-state index >= 15 is 0 Å². The highest BCUT2D eigenvalue weighted by Gasteiger charge is 1.85. The molecule has 0 aliphatic carbocycles. The van der Waals surface area contributed by atoms with Gasteiger partial charge in [0, 0.05) is 0 Å². The molecule has 0 N–H and O–H groups in total. The summed E-state index contributed by atoms with van der Waals surface area (Å²) in [5.74, 6) is 0.833. The molecule has 1 nitrogen and oxygen atoms in total. The molecule has 1 aromatic rings. The van der Waals surface area contributed by atoms with E-state index in [0.717, 1.165) is 17.8 Å². The van der Waals surface area contributed by atoms with E-state index in [9.17, 15) is 4.79 Å². The minimum absolute atomic E-state index is 0.780. The third-order valence-electron chi connectivity index (χ3n) is 1.41. The molecule has 0 amide bonds. The third-order valence-corrected chi connectivity index (χ3v) is 1.41. The van der Waals surface area contributed by atoms with Crippen molar-refractivity contribution < 1.29 is 4.79 Å².